The average molecular weight is 265 g/mol. The van der Waals surface area contributed by atoms with Crippen molar-refractivity contribution in [3.63, 3.8) is 0 Å². The SMILES string of the molecule is C#CCCCCNC(=O)c1cc(Cl)cn1C1CC1. The number of hydrogen-bond acceptors (Lipinski definition) is 1. The summed E-state index contributed by atoms with van der Waals surface area (Å²) in [6.07, 6.45) is 11.9. The standard InChI is InChI=1S/C14H17ClN2O/c1-2-3-4-5-8-16-14(18)13-9-11(15)10-17(13)12-6-7-12/h1,9-10,12H,3-8H2,(H,16,18). The Kier molecular flexibility index (Phi) is 4.33. The van der Waals surface area contributed by atoms with E-state index in [1.165, 1.54) is 0 Å². The Morgan fingerprint density at radius 1 is 1.56 bits per heavy atom. The molecule has 0 aliphatic heterocycles. The summed E-state index contributed by atoms with van der Waals surface area (Å²) in [7, 11) is 0. The molecule has 0 saturated heterocycles. The van der Waals surface area contributed by atoms with Crippen molar-refractivity contribution < 1.29 is 4.79 Å². The van der Waals surface area contributed by atoms with Gasteiger partial charge >= 0.3 is 0 Å². The molecular weight excluding hydrogens is 248 g/mol. The number of halogens is 1. The van der Waals surface area contributed by atoms with Crippen molar-refractivity contribution in [3.05, 3.63) is 23.0 Å². The van der Waals surface area contributed by atoms with Crippen LogP contribution in [0.4, 0.5) is 0 Å². The number of hydrogen-bond donors (Lipinski definition) is 1. The van der Waals surface area contributed by atoms with Gasteiger partial charge in [0.15, 0.2) is 0 Å². The van der Waals surface area contributed by atoms with Crippen molar-refractivity contribution in [2.75, 3.05) is 6.54 Å². The Morgan fingerprint density at radius 2 is 2.33 bits per heavy atom. The Morgan fingerprint density at radius 3 is 3.00 bits per heavy atom. The number of terminal acetylenes is 1. The summed E-state index contributed by atoms with van der Waals surface area (Å²) in [6, 6.07) is 2.19. The fourth-order valence-corrected chi connectivity index (χ4v) is 2.14. The maximum Gasteiger partial charge on any atom is 0.267 e. The van der Waals surface area contributed by atoms with Gasteiger partial charge in [-0.05, 0) is 31.7 Å². The molecule has 1 aliphatic carbocycles. The second kappa shape index (κ2) is 5.97. The Balaban J connectivity index is 1.86. The molecule has 3 nitrogen and oxygen atoms in total. The molecule has 0 bridgehead atoms. The van der Waals surface area contributed by atoms with Crippen LogP contribution in [0, 0.1) is 12.3 Å². The third-order valence-corrected chi connectivity index (χ3v) is 3.23. The fourth-order valence-electron chi connectivity index (χ4n) is 1.93. The van der Waals surface area contributed by atoms with E-state index in [9.17, 15) is 4.79 Å². The van der Waals surface area contributed by atoms with Gasteiger partial charge in [0.2, 0.25) is 0 Å². The van der Waals surface area contributed by atoms with E-state index in [4.69, 9.17) is 18.0 Å². The molecule has 1 N–H and O–H groups in total. The number of aromatic nitrogens is 1. The maximum absolute atomic E-state index is 12.0. The molecule has 2 rings (SSSR count). The minimum atomic E-state index is -0.0468. The molecule has 1 aromatic rings. The Hall–Kier alpha value is -1.40. The summed E-state index contributed by atoms with van der Waals surface area (Å²) in [4.78, 5) is 12.0. The molecule has 1 aromatic heterocycles. The normalized spacial score (nSPS) is 14.2. The maximum atomic E-state index is 12.0. The Labute approximate surface area is 113 Å². The number of nitrogens with one attached hydrogen (secondary N) is 1. The van der Waals surface area contributed by atoms with Gasteiger partial charge in [0.25, 0.3) is 5.91 Å². The van der Waals surface area contributed by atoms with Crippen LogP contribution in [0.3, 0.4) is 0 Å². The average Bonchev–Trinajstić information content (AvgIpc) is 3.12. The van der Waals surface area contributed by atoms with E-state index in [2.05, 4.69) is 11.2 Å². The number of unbranched alkanes of at least 4 members (excludes halogenated alkanes) is 2. The van der Waals surface area contributed by atoms with Crippen LogP contribution in [-0.2, 0) is 0 Å². The molecule has 0 aromatic carbocycles. The molecule has 1 aliphatic rings. The molecule has 4 heteroatoms. The quantitative estimate of drug-likeness (QED) is 0.622. The van der Waals surface area contributed by atoms with Gasteiger partial charge in [-0.15, -0.1) is 12.3 Å². The van der Waals surface area contributed by atoms with Gasteiger partial charge in [-0.25, -0.2) is 0 Å². The molecular formula is C14H17ClN2O. The number of carbonyl (C=O) groups excluding carboxylic acids is 1. The first-order valence-electron chi connectivity index (χ1n) is 6.31. The lowest BCUT2D eigenvalue weighted by Gasteiger charge is -2.08. The largest absolute Gasteiger partial charge is 0.351 e. The minimum Gasteiger partial charge on any atom is -0.351 e. The smallest absolute Gasteiger partial charge is 0.267 e. The third kappa shape index (κ3) is 3.30. The second-order valence-corrected chi connectivity index (χ2v) is 5.04. The highest BCUT2D eigenvalue weighted by molar-refractivity contribution is 6.31. The van der Waals surface area contributed by atoms with Crippen LogP contribution in [0.15, 0.2) is 12.3 Å². The first kappa shape index (κ1) is 13.0. The van der Waals surface area contributed by atoms with Gasteiger partial charge in [-0.3, -0.25) is 4.79 Å². The predicted octanol–water partition coefficient (Wildman–Crippen LogP) is 3.01. The van der Waals surface area contributed by atoms with Gasteiger partial charge in [0, 0.05) is 25.2 Å². The van der Waals surface area contributed by atoms with Gasteiger partial charge in [0.1, 0.15) is 5.69 Å². The van der Waals surface area contributed by atoms with Gasteiger partial charge in [-0.1, -0.05) is 11.6 Å². The summed E-state index contributed by atoms with van der Waals surface area (Å²) in [5.41, 5.74) is 0.666. The van der Waals surface area contributed by atoms with Crippen LogP contribution in [-0.4, -0.2) is 17.0 Å². The van der Waals surface area contributed by atoms with E-state index in [1.54, 1.807) is 6.07 Å². The highest BCUT2D eigenvalue weighted by atomic mass is 35.5. The van der Waals surface area contributed by atoms with Gasteiger partial charge in [0.05, 0.1) is 5.02 Å². The van der Waals surface area contributed by atoms with Crippen LogP contribution in [0.5, 0.6) is 0 Å². The van der Waals surface area contributed by atoms with E-state index < -0.39 is 0 Å². The van der Waals surface area contributed by atoms with Crippen LogP contribution in [0.2, 0.25) is 5.02 Å². The van der Waals surface area contributed by atoms with E-state index in [-0.39, 0.29) is 5.91 Å². The molecule has 0 radical (unpaired) electrons. The lowest BCUT2D eigenvalue weighted by molar-refractivity contribution is 0.0943. The van der Waals surface area contributed by atoms with E-state index >= 15 is 0 Å². The highest BCUT2D eigenvalue weighted by Crippen LogP contribution is 2.37. The van der Waals surface area contributed by atoms with Gasteiger partial charge < -0.3 is 9.88 Å². The number of nitrogens with zero attached hydrogens (tertiary/aromatic N) is 1. The third-order valence-electron chi connectivity index (χ3n) is 3.02. The predicted molar refractivity (Wildman–Crippen MR) is 72.7 cm³/mol. The zero-order valence-corrected chi connectivity index (χ0v) is 11.0. The zero-order chi connectivity index (χ0) is 13.0. The van der Waals surface area contributed by atoms with E-state index in [0.717, 1.165) is 32.1 Å². The first-order valence-corrected chi connectivity index (χ1v) is 6.69. The zero-order valence-electron chi connectivity index (χ0n) is 10.3. The van der Waals surface area contributed by atoms with Gasteiger partial charge in [-0.2, -0.15) is 0 Å². The summed E-state index contributed by atoms with van der Waals surface area (Å²) in [6.45, 7) is 0.661. The minimum absolute atomic E-state index is 0.0468. The molecule has 0 unspecified atom stereocenters. The van der Waals surface area contributed by atoms with Crippen molar-refractivity contribution in [2.45, 2.75) is 38.1 Å². The molecule has 0 atom stereocenters. The van der Waals surface area contributed by atoms with Crippen molar-refractivity contribution in [1.29, 1.82) is 0 Å². The summed E-state index contributed by atoms with van der Waals surface area (Å²) >= 11 is 5.96. The van der Waals surface area contributed by atoms with E-state index in [1.807, 2.05) is 10.8 Å². The molecule has 96 valence electrons. The molecule has 1 fully saturated rings. The highest BCUT2D eigenvalue weighted by Gasteiger charge is 2.27. The van der Waals surface area contributed by atoms with Crippen LogP contribution < -0.4 is 5.32 Å². The molecule has 1 heterocycles. The molecule has 18 heavy (non-hydrogen) atoms. The van der Waals surface area contributed by atoms with Crippen LogP contribution in [0.1, 0.15) is 48.6 Å². The van der Waals surface area contributed by atoms with Crippen molar-refractivity contribution >= 4 is 17.5 Å². The summed E-state index contributed by atoms with van der Waals surface area (Å²) in [5, 5.41) is 3.53. The van der Waals surface area contributed by atoms with E-state index in [0.29, 0.717) is 23.3 Å². The fraction of sp³-hybridized carbons (Fsp3) is 0.500. The summed E-state index contributed by atoms with van der Waals surface area (Å²) in [5.74, 6) is 2.54. The molecule has 1 amide bonds. The first-order chi connectivity index (χ1) is 8.72. The van der Waals surface area contributed by atoms with Crippen LogP contribution >= 0.6 is 11.6 Å². The number of carbonyl (C=O) groups is 1. The lowest BCUT2D eigenvalue weighted by Crippen LogP contribution is -2.26. The second-order valence-electron chi connectivity index (χ2n) is 4.60. The monoisotopic (exact) mass is 264 g/mol. The van der Waals surface area contributed by atoms with Crippen molar-refractivity contribution in [3.8, 4) is 12.3 Å². The van der Waals surface area contributed by atoms with Crippen molar-refractivity contribution in [2.24, 2.45) is 0 Å². The topological polar surface area (TPSA) is 34.0 Å². The Bertz CT molecular complexity index is 469. The lowest BCUT2D eigenvalue weighted by atomic mass is 10.2. The molecule has 0 spiro atoms. The van der Waals surface area contributed by atoms with Crippen molar-refractivity contribution in [1.82, 2.24) is 9.88 Å². The number of rotatable bonds is 6. The van der Waals surface area contributed by atoms with Crippen LogP contribution in [0.25, 0.3) is 0 Å². The number of amides is 1. The molecule has 1 saturated carbocycles. The summed E-state index contributed by atoms with van der Waals surface area (Å²) < 4.78 is 1.99.